The van der Waals surface area contributed by atoms with Gasteiger partial charge in [0.15, 0.2) is 0 Å². The molecule has 0 N–H and O–H groups in total. The molecule has 1 aliphatic rings. The second-order valence-corrected chi connectivity index (χ2v) is 9.95. The summed E-state index contributed by atoms with van der Waals surface area (Å²) in [5.74, 6) is -0.470. The Hall–Kier alpha value is -4.26. The molecule has 6 nitrogen and oxygen atoms in total. The molecule has 5 rings (SSSR count). The molecule has 0 spiro atoms. The maximum absolute atomic E-state index is 14.0. The maximum Gasteiger partial charge on any atom is 0.246 e. The van der Waals surface area contributed by atoms with Crippen molar-refractivity contribution in [3.63, 3.8) is 0 Å². The van der Waals surface area contributed by atoms with Crippen LogP contribution in [0.2, 0.25) is 0 Å². The highest BCUT2D eigenvalue weighted by Gasteiger charge is 2.44. The first-order chi connectivity index (χ1) is 18.4. The van der Waals surface area contributed by atoms with Crippen molar-refractivity contribution in [3.05, 3.63) is 125 Å². The van der Waals surface area contributed by atoms with Crippen molar-refractivity contribution in [1.29, 1.82) is 0 Å². The van der Waals surface area contributed by atoms with E-state index in [9.17, 15) is 14.0 Å². The first kappa shape index (κ1) is 25.4. The average molecular weight is 511 g/mol. The van der Waals surface area contributed by atoms with Crippen LogP contribution in [-0.2, 0) is 35.6 Å². The smallest absolute Gasteiger partial charge is 0.246 e. The van der Waals surface area contributed by atoms with Gasteiger partial charge in [0, 0.05) is 25.7 Å². The Morgan fingerprint density at radius 1 is 0.789 bits per heavy atom. The molecule has 38 heavy (non-hydrogen) atoms. The number of benzene rings is 3. The van der Waals surface area contributed by atoms with Crippen LogP contribution in [0, 0.1) is 12.7 Å². The zero-order valence-electron chi connectivity index (χ0n) is 21.6. The Morgan fingerprint density at radius 2 is 1.53 bits per heavy atom. The number of hydrogen-bond acceptors (Lipinski definition) is 3. The lowest BCUT2D eigenvalue weighted by molar-refractivity contribution is -0.162. The standard InChI is InChI=1S/C31H31FN4O2/c1-22-8-6-11-25(14-22)16-29-31(38)35(19-24-9-4-3-5-10-24)23(2)30(37)36(29)20-28-17-33-21-34(28)18-26-12-7-13-27(32)15-26/h3-15,17,21,23,29H,16,18-20H2,1-2H3. The Balaban J connectivity index is 1.45. The molecule has 2 atom stereocenters. The Kier molecular flexibility index (Phi) is 7.36. The van der Waals surface area contributed by atoms with Crippen molar-refractivity contribution in [3.8, 4) is 0 Å². The zero-order chi connectivity index (χ0) is 26.6. The van der Waals surface area contributed by atoms with E-state index in [4.69, 9.17) is 0 Å². The molecular formula is C31H31FN4O2. The van der Waals surface area contributed by atoms with E-state index in [1.807, 2.05) is 66.1 Å². The largest absolute Gasteiger partial charge is 0.329 e. The van der Waals surface area contributed by atoms with Crippen molar-refractivity contribution in [2.45, 2.75) is 52.0 Å². The third-order valence-electron chi connectivity index (χ3n) is 7.13. The summed E-state index contributed by atoms with van der Waals surface area (Å²) >= 11 is 0. The Morgan fingerprint density at radius 3 is 2.29 bits per heavy atom. The molecule has 0 bridgehead atoms. The predicted octanol–water partition coefficient (Wildman–Crippen LogP) is 4.75. The van der Waals surface area contributed by atoms with E-state index >= 15 is 0 Å². The minimum absolute atomic E-state index is 0.0707. The minimum atomic E-state index is -0.651. The van der Waals surface area contributed by atoms with Crippen molar-refractivity contribution in [2.75, 3.05) is 0 Å². The molecule has 1 saturated heterocycles. The number of aryl methyl sites for hydroxylation is 1. The van der Waals surface area contributed by atoms with E-state index in [0.717, 1.165) is 27.9 Å². The third kappa shape index (κ3) is 5.52. The number of amides is 2. The summed E-state index contributed by atoms with van der Waals surface area (Å²) in [5.41, 5.74) is 4.67. The lowest BCUT2D eigenvalue weighted by atomic mass is 9.96. The third-order valence-corrected chi connectivity index (χ3v) is 7.13. The SMILES string of the molecule is Cc1cccc(CC2C(=O)N(Cc3ccccc3)C(C)C(=O)N2Cc2cncn2Cc2cccc(F)c2)c1. The normalized spacial score (nSPS) is 17.8. The molecule has 3 aromatic carbocycles. The van der Waals surface area contributed by atoms with Crippen LogP contribution in [0.5, 0.6) is 0 Å². The highest BCUT2D eigenvalue weighted by Crippen LogP contribution is 2.26. The van der Waals surface area contributed by atoms with E-state index in [1.54, 1.807) is 35.3 Å². The van der Waals surface area contributed by atoms with Crippen LogP contribution in [0.15, 0.2) is 91.4 Å². The Bertz CT molecular complexity index is 1430. The van der Waals surface area contributed by atoms with Crippen LogP contribution >= 0.6 is 0 Å². The van der Waals surface area contributed by atoms with Gasteiger partial charge in [0.2, 0.25) is 11.8 Å². The quantitative estimate of drug-likeness (QED) is 0.344. The molecule has 2 unspecified atom stereocenters. The number of carbonyl (C=O) groups excluding carboxylic acids is 2. The molecule has 2 heterocycles. The summed E-state index contributed by atoms with van der Waals surface area (Å²) < 4.78 is 15.7. The second kappa shape index (κ2) is 11.0. The zero-order valence-corrected chi connectivity index (χ0v) is 21.6. The highest BCUT2D eigenvalue weighted by molar-refractivity contribution is 5.97. The summed E-state index contributed by atoms with van der Waals surface area (Å²) in [7, 11) is 0. The topological polar surface area (TPSA) is 58.4 Å². The number of halogens is 1. The van der Waals surface area contributed by atoms with Crippen molar-refractivity contribution in [2.24, 2.45) is 0 Å². The van der Waals surface area contributed by atoms with Crippen LogP contribution in [0.1, 0.15) is 34.9 Å². The molecule has 0 saturated carbocycles. The number of rotatable bonds is 8. The molecule has 1 fully saturated rings. The van der Waals surface area contributed by atoms with Gasteiger partial charge in [0.1, 0.15) is 17.9 Å². The molecule has 4 aromatic rings. The van der Waals surface area contributed by atoms with E-state index < -0.39 is 12.1 Å². The molecule has 2 amide bonds. The van der Waals surface area contributed by atoms with Crippen LogP contribution in [0.4, 0.5) is 4.39 Å². The fraction of sp³-hybridized carbons (Fsp3) is 0.258. The molecule has 0 aliphatic carbocycles. The Labute approximate surface area is 222 Å². The van der Waals surface area contributed by atoms with Gasteiger partial charge in [-0.05, 0) is 42.7 Å². The first-order valence-electron chi connectivity index (χ1n) is 12.8. The molecular weight excluding hydrogens is 479 g/mol. The summed E-state index contributed by atoms with van der Waals surface area (Å²) in [6, 6.07) is 23.0. The van der Waals surface area contributed by atoms with Crippen molar-refractivity contribution in [1.82, 2.24) is 19.4 Å². The van der Waals surface area contributed by atoms with Gasteiger partial charge in [-0.2, -0.15) is 0 Å². The monoisotopic (exact) mass is 510 g/mol. The second-order valence-electron chi connectivity index (χ2n) is 9.95. The summed E-state index contributed by atoms with van der Waals surface area (Å²) in [6.07, 6.45) is 3.81. The van der Waals surface area contributed by atoms with Gasteiger partial charge in [-0.25, -0.2) is 9.37 Å². The van der Waals surface area contributed by atoms with Gasteiger partial charge < -0.3 is 14.4 Å². The maximum atomic E-state index is 14.0. The van der Waals surface area contributed by atoms with E-state index in [1.165, 1.54) is 12.1 Å². The van der Waals surface area contributed by atoms with Gasteiger partial charge >= 0.3 is 0 Å². The average Bonchev–Trinajstić information content (AvgIpc) is 3.34. The van der Waals surface area contributed by atoms with Crippen LogP contribution in [0.25, 0.3) is 0 Å². The van der Waals surface area contributed by atoms with Gasteiger partial charge in [-0.1, -0.05) is 72.3 Å². The fourth-order valence-corrected chi connectivity index (χ4v) is 5.11. The van der Waals surface area contributed by atoms with E-state index in [-0.39, 0.29) is 24.2 Å². The predicted molar refractivity (Wildman–Crippen MR) is 143 cm³/mol. The van der Waals surface area contributed by atoms with Gasteiger partial charge in [0.25, 0.3) is 0 Å². The molecule has 0 radical (unpaired) electrons. The first-order valence-corrected chi connectivity index (χ1v) is 12.8. The molecule has 7 heteroatoms. The number of piperazine rings is 1. The van der Waals surface area contributed by atoms with E-state index in [2.05, 4.69) is 11.1 Å². The van der Waals surface area contributed by atoms with Crippen LogP contribution in [-0.4, -0.2) is 43.2 Å². The number of carbonyl (C=O) groups is 2. The van der Waals surface area contributed by atoms with Crippen LogP contribution in [0.3, 0.4) is 0 Å². The summed E-state index contributed by atoms with van der Waals surface area (Å²) in [6.45, 7) is 4.84. The van der Waals surface area contributed by atoms with Gasteiger partial charge in [0.05, 0.1) is 18.6 Å². The molecule has 194 valence electrons. The molecule has 1 aliphatic heterocycles. The fourth-order valence-electron chi connectivity index (χ4n) is 5.11. The number of nitrogens with zero attached hydrogens (tertiary/aromatic N) is 4. The van der Waals surface area contributed by atoms with Gasteiger partial charge in [-0.15, -0.1) is 0 Å². The summed E-state index contributed by atoms with van der Waals surface area (Å²) in [4.78, 5) is 35.5. The lowest BCUT2D eigenvalue weighted by Crippen LogP contribution is -2.63. The minimum Gasteiger partial charge on any atom is -0.329 e. The van der Waals surface area contributed by atoms with Crippen molar-refractivity contribution >= 4 is 11.8 Å². The highest BCUT2D eigenvalue weighted by atomic mass is 19.1. The van der Waals surface area contributed by atoms with Crippen LogP contribution < -0.4 is 0 Å². The number of aromatic nitrogens is 2. The van der Waals surface area contributed by atoms with E-state index in [0.29, 0.717) is 19.5 Å². The summed E-state index contributed by atoms with van der Waals surface area (Å²) in [5, 5.41) is 0. The lowest BCUT2D eigenvalue weighted by Gasteiger charge is -2.44. The number of hydrogen-bond donors (Lipinski definition) is 0. The number of imidazole rings is 1. The van der Waals surface area contributed by atoms with Gasteiger partial charge in [-0.3, -0.25) is 9.59 Å². The molecule has 1 aromatic heterocycles. The van der Waals surface area contributed by atoms with Crippen molar-refractivity contribution < 1.29 is 14.0 Å².